The van der Waals surface area contributed by atoms with Gasteiger partial charge in [0.2, 0.25) is 5.91 Å². The van der Waals surface area contributed by atoms with Crippen LogP contribution in [0.3, 0.4) is 0 Å². The molecule has 1 heterocycles. The first kappa shape index (κ1) is 28.5. The molecule has 2 aliphatic carbocycles. The van der Waals surface area contributed by atoms with Crippen LogP contribution in [-0.4, -0.2) is 65.3 Å². The molecule has 6 rings (SSSR count). The van der Waals surface area contributed by atoms with Crippen molar-refractivity contribution in [1.82, 2.24) is 4.90 Å². The summed E-state index contributed by atoms with van der Waals surface area (Å²) in [4.78, 5) is 42.5. The van der Waals surface area contributed by atoms with Gasteiger partial charge in [0, 0.05) is 11.5 Å². The highest BCUT2D eigenvalue weighted by Gasteiger charge is 2.72. The summed E-state index contributed by atoms with van der Waals surface area (Å²) in [6.45, 7) is 3.55. The number of nitrogens with zero attached hydrogens (tertiary/aromatic N) is 1. The minimum Gasteiger partial charge on any atom is -0.458 e. The van der Waals surface area contributed by atoms with Crippen LogP contribution in [0.1, 0.15) is 37.6 Å². The van der Waals surface area contributed by atoms with Gasteiger partial charge in [-0.1, -0.05) is 48.5 Å². The third kappa shape index (κ3) is 4.26. The summed E-state index contributed by atoms with van der Waals surface area (Å²) in [6.07, 6.45) is -0.627. The standard InChI is InChI=1S/C30H29F2NO8S/c1-29(2,3)33-24-19-13-20(23(22(19)26(33)34)27(35)40-14-30(31,32)42(37,38)39)25(24)41-28(36)21-17-10-6-4-8-15(17)12-16-9-5-7-11-18(16)21/h4-12,19-20,22-25H,13-14H2,1-3H3,(H,37,38,39). The number of likely N-dealkylation sites (tertiary alicyclic amines) is 1. The zero-order chi connectivity index (χ0) is 30.4. The van der Waals surface area contributed by atoms with E-state index in [4.69, 9.17) is 14.0 Å². The van der Waals surface area contributed by atoms with Crippen LogP contribution in [0.25, 0.3) is 21.5 Å². The molecule has 1 amide bonds. The monoisotopic (exact) mass is 601 g/mol. The highest BCUT2D eigenvalue weighted by Crippen LogP contribution is 2.61. The molecule has 222 valence electrons. The Morgan fingerprint density at radius 1 is 1.00 bits per heavy atom. The summed E-state index contributed by atoms with van der Waals surface area (Å²) in [5.74, 6) is -5.46. The Kier molecular flexibility index (Phi) is 6.40. The first-order chi connectivity index (χ1) is 19.6. The van der Waals surface area contributed by atoms with Crippen LogP contribution in [0.4, 0.5) is 8.78 Å². The van der Waals surface area contributed by atoms with Crippen molar-refractivity contribution < 1.29 is 45.6 Å². The average Bonchev–Trinajstić information content (AvgIpc) is 3.52. The lowest BCUT2D eigenvalue weighted by Crippen LogP contribution is -2.53. The summed E-state index contributed by atoms with van der Waals surface area (Å²) in [5, 5.41) is -1.74. The number of hydrogen-bond donors (Lipinski definition) is 1. The Labute approximate surface area is 240 Å². The second-order valence-electron chi connectivity index (χ2n) is 12.3. The number of ether oxygens (including phenoxy) is 2. The van der Waals surface area contributed by atoms with Crippen molar-refractivity contribution >= 4 is 49.5 Å². The number of esters is 2. The van der Waals surface area contributed by atoms with Gasteiger partial charge in [-0.15, -0.1) is 0 Å². The van der Waals surface area contributed by atoms with E-state index in [1.54, 1.807) is 17.0 Å². The fourth-order valence-electron chi connectivity index (χ4n) is 7.31. The SMILES string of the molecule is CC(C)(C)N1C(=O)C2C3CC(C(OC(=O)c4c5ccccc5cc5ccccc45)C31)C2C(=O)OCC(F)(F)S(=O)(=O)O. The van der Waals surface area contributed by atoms with Crippen molar-refractivity contribution in [1.29, 1.82) is 0 Å². The molecule has 1 aliphatic heterocycles. The second-order valence-corrected chi connectivity index (χ2v) is 13.8. The van der Waals surface area contributed by atoms with Crippen molar-refractivity contribution in [2.45, 2.75) is 50.1 Å². The number of amides is 1. The zero-order valence-corrected chi connectivity index (χ0v) is 23.8. The third-order valence-electron chi connectivity index (χ3n) is 8.84. The van der Waals surface area contributed by atoms with Gasteiger partial charge < -0.3 is 14.4 Å². The van der Waals surface area contributed by atoms with E-state index < -0.39 is 75.3 Å². The van der Waals surface area contributed by atoms with E-state index in [1.807, 2.05) is 63.2 Å². The largest absolute Gasteiger partial charge is 0.458 e. The molecule has 3 aromatic rings. The summed E-state index contributed by atoms with van der Waals surface area (Å²) in [6, 6.07) is 16.1. The molecule has 6 atom stereocenters. The fraction of sp³-hybridized carbons (Fsp3) is 0.433. The van der Waals surface area contributed by atoms with Crippen LogP contribution in [-0.2, 0) is 29.2 Å². The summed E-state index contributed by atoms with van der Waals surface area (Å²) in [7, 11) is -5.83. The van der Waals surface area contributed by atoms with Gasteiger partial charge in [-0.05, 0) is 60.7 Å². The van der Waals surface area contributed by atoms with Gasteiger partial charge in [0.05, 0.1) is 23.4 Å². The number of carbonyl (C=O) groups is 3. The molecule has 3 aliphatic rings. The smallest absolute Gasteiger partial charge is 0.402 e. The summed E-state index contributed by atoms with van der Waals surface area (Å²) < 4.78 is 69.6. The van der Waals surface area contributed by atoms with Gasteiger partial charge in [0.15, 0.2) is 6.61 Å². The Morgan fingerprint density at radius 2 is 1.57 bits per heavy atom. The molecule has 0 radical (unpaired) electrons. The van der Waals surface area contributed by atoms with Gasteiger partial charge in [-0.3, -0.25) is 14.1 Å². The van der Waals surface area contributed by atoms with Crippen molar-refractivity contribution in [2.24, 2.45) is 23.7 Å². The Morgan fingerprint density at radius 3 is 2.12 bits per heavy atom. The molecule has 3 aromatic carbocycles. The molecule has 9 nitrogen and oxygen atoms in total. The maximum absolute atomic E-state index is 14.0. The van der Waals surface area contributed by atoms with Gasteiger partial charge in [0.25, 0.3) is 0 Å². The lowest BCUT2D eigenvalue weighted by Gasteiger charge is -2.40. The Hall–Kier alpha value is -3.64. The molecule has 0 spiro atoms. The number of hydrogen-bond acceptors (Lipinski definition) is 7. The van der Waals surface area contributed by atoms with Crippen LogP contribution >= 0.6 is 0 Å². The minimum atomic E-state index is -5.83. The normalized spacial score (nSPS) is 27.2. The molecule has 12 heteroatoms. The van der Waals surface area contributed by atoms with E-state index in [9.17, 15) is 31.6 Å². The van der Waals surface area contributed by atoms with E-state index in [-0.39, 0.29) is 5.91 Å². The average molecular weight is 602 g/mol. The lowest BCUT2D eigenvalue weighted by atomic mass is 9.78. The predicted octanol–water partition coefficient (Wildman–Crippen LogP) is 4.43. The minimum absolute atomic E-state index is 0.316. The highest BCUT2D eigenvalue weighted by atomic mass is 32.2. The first-order valence-electron chi connectivity index (χ1n) is 13.6. The van der Waals surface area contributed by atoms with Crippen LogP contribution in [0, 0.1) is 23.7 Å². The summed E-state index contributed by atoms with van der Waals surface area (Å²) in [5.41, 5.74) is -0.376. The molecular formula is C30H29F2NO8S. The van der Waals surface area contributed by atoms with Gasteiger partial charge in [-0.2, -0.15) is 17.2 Å². The van der Waals surface area contributed by atoms with Gasteiger partial charge in [-0.25, -0.2) is 4.79 Å². The molecule has 2 saturated carbocycles. The number of alkyl halides is 2. The van der Waals surface area contributed by atoms with E-state index in [1.165, 1.54) is 0 Å². The van der Waals surface area contributed by atoms with Crippen LogP contribution < -0.4 is 0 Å². The highest BCUT2D eigenvalue weighted by molar-refractivity contribution is 7.86. The topological polar surface area (TPSA) is 127 Å². The first-order valence-corrected chi connectivity index (χ1v) is 15.0. The molecule has 0 aromatic heterocycles. The predicted molar refractivity (Wildman–Crippen MR) is 147 cm³/mol. The van der Waals surface area contributed by atoms with E-state index >= 15 is 0 Å². The van der Waals surface area contributed by atoms with E-state index in [0.29, 0.717) is 22.8 Å². The number of benzene rings is 3. The molecule has 3 fully saturated rings. The van der Waals surface area contributed by atoms with Crippen LogP contribution in [0.2, 0.25) is 0 Å². The molecular weight excluding hydrogens is 572 g/mol. The maximum atomic E-state index is 14.0. The number of fused-ring (bicyclic) bond motifs is 3. The quantitative estimate of drug-likeness (QED) is 0.250. The molecule has 1 saturated heterocycles. The molecule has 1 N–H and O–H groups in total. The number of carbonyl (C=O) groups excluding carboxylic acids is 3. The second kappa shape index (κ2) is 9.43. The van der Waals surface area contributed by atoms with Crippen molar-refractivity contribution in [3.8, 4) is 0 Å². The van der Waals surface area contributed by atoms with Gasteiger partial charge >= 0.3 is 27.3 Å². The van der Waals surface area contributed by atoms with Crippen LogP contribution in [0.5, 0.6) is 0 Å². The lowest BCUT2D eigenvalue weighted by molar-refractivity contribution is -0.161. The Balaban J connectivity index is 1.38. The van der Waals surface area contributed by atoms with Crippen molar-refractivity contribution in [3.05, 3.63) is 60.2 Å². The fourth-order valence-corrected chi connectivity index (χ4v) is 7.52. The number of halogens is 2. The Bertz CT molecular complexity index is 1700. The van der Waals surface area contributed by atoms with Crippen molar-refractivity contribution in [2.75, 3.05) is 6.61 Å². The van der Waals surface area contributed by atoms with E-state index in [2.05, 4.69) is 0 Å². The van der Waals surface area contributed by atoms with Crippen LogP contribution in [0.15, 0.2) is 54.6 Å². The molecule has 42 heavy (non-hydrogen) atoms. The third-order valence-corrected chi connectivity index (χ3v) is 9.72. The van der Waals surface area contributed by atoms with Crippen molar-refractivity contribution in [3.63, 3.8) is 0 Å². The van der Waals surface area contributed by atoms with E-state index in [0.717, 1.165) is 10.8 Å². The van der Waals surface area contributed by atoms with Gasteiger partial charge in [0.1, 0.15) is 6.10 Å². The molecule has 2 bridgehead atoms. The zero-order valence-electron chi connectivity index (χ0n) is 23.0. The molecule has 6 unspecified atom stereocenters. The summed E-state index contributed by atoms with van der Waals surface area (Å²) >= 11 is 0. The maximum Gasteiger partial charge on any atom is 0.402 e. The number of rotatable bonds is 6.